The highest BCUT2D eigenvalue weighted by atomic mass is 32.1. The zero-order valence-corrected chi connectivity index (χ0v) is 12.7. The lowest BCUT2D eigenvalue weighted by Gasteiger charge is -2.36. The van der Waals surface area contributed by atoms with Crippen LogP contribution in [0.25, 0.3) is 0 Å². The molecule has 7 heteroatoms. The van der Waals surface area contributed by atoms with E-state index in [0.29, 0.717) is 17.4 Å². The maximum atomic E-state index is 12.0. The second kappa shape index (κ2) is 6.89. The number of nitrogen functional groups attached to an aromatic ring is 1. The van der Waals surface area contributed by atoms with Crippen molar-refractivity contribution in [3.05, 3.63) is 11.1 Å². The third-order valence-corrected chi connectivity index (χ3v) is 4.73. The number of carboxylic acids is 1. The van der Waals surface area contributed by atoms with Crippen LogP contribution in [0.2, 0.25) is 0 Å². The molecule has 0 atom stereocenters. The highest BCUT2D eigenvalue weighted by Gasteiger charge is 2.34. The molecular weight excluding hydrogens is 290 g/mol. The molecule has 0 unspecified atom stereocenters. The Morgan fingerprint density at radius 1 is 1.38 bits per heavy atom. The van der Waals surface area contributed by atoms with E-state index in [1.54, 1.807) is 5.38 Å². The Morgan fingerprint density at radius 2 is 2.10 bits per heavy atom. The molecule has 21 heavy (non-hydrogen) atoms. The summed E-state index contributed by atoms with van der Waals surface area (Å²) >= 11 is 1.31. The molecule has 4 N–H and O–H groups in total. The lowest BCUT2D eigenvalue weighted by atomic mass is 9.71. The number of hydrogen-bond acceptors (Lipinski definition) is 5. The van der Waals surface area contributed by atoms with Crippen LogP contribution in [0.15, 0.2) is 5.38 Å². The number of carbonyl (C=O) groups is 2. The smallest absolute Gasteiger partial charge is 0.303 e. The van der Waals surface area contributed by atoms with E-state index in [1.165, 1.54) is 11.3 Å². The van der Waals surface area contributed by atoms with Crippen LogP contribution in [-0.4, -0.2) is 28.5 Å². The fourth-order valence-corrected chi connectivity index (χ4v) is 3.52. The SMILES string of the molecule is Nc1nc(CC(=O)NCC2(CC(=O)O)CCCCC2)cs1. The number of anilines is 1. The van der Waals surface area contributed by atoms with Crippen LogP contribution in [0, 0.1) is 5.41 Å². The molecule has 0 radical (unpaired) electrons. The molecule has 1 saturated carbocycles. The molecule has 1 amide bonds. The van der Waals surface area contributed by atoms with E-state index in [1.807, 2.05) is 0 Å². The first-order valence-electron chi connectivity index (χ1n) is 7.17. The average molecular weight is 311 g/mol. The topological polar surface area (TPSA) is 105 Å². The van der Waals surface area contributed by atoms with Crippen molar-refractivity contribution in [3.8, 4) is 0 Å². The predicted molar refractivity (Wildman–Crippen MR) is 81.0 cm³/mol. The maximum Gasteiger partial charge on any atom is 0.303 e. The molecule has 6 nitrogen and oxygen atoms in total. The van der Waals surface area contributed by atoms with Crippen molar-refractivity contribution in [1.82, 2.24) is 10.3 Å². The first-order chi connectivity index (χ1) is 9.99. The average Bonchev–Trinajstić information content (AvgIpc) is 2.82. The number of carboxylic acid groups (broad SMARTS) is 1. The summed E-state index contributed by atoms with van der Waals surface area (Å²) in [4.78, 5) is 27.1. The van der Waals surface area contributed by atoms with Crippen LogP contribution in [0.1, 0.15) is 44.2 Å². The fraction of sp³-hybridized carbons (Fsp3) is 0.643. The molecule has 1 aliphatic rings. The summed E-state index contributed by atoms with van der Waals surface area (Å²) in [7, 11) is 0. The van der Waals surface area contributed by atoms with Crippen LogP contribution < -0.4 is 11.1 Å². The van der Waals surface area contributed by atoms with Gasteiger partial charge in [0.15, 0.2) is 5.13 Å². The quantitative estimate of drug-likeness (QED) is 0.743. The number of aliphatic carboxylic acids is 1. The molecule has 1 aromatic rings. The molecule has 0 bridgehead atoms. The Labute approximate surface area is 127 Å². The summed E-state index contributed by atoms with van der Waals surface area (Å²) in [6.45, 7) is 0.428. The standard InChI is InChI=1S/C14H21N3O3S/c15-13-17-10(8-21-13)6-11(18)16-9-14(7-12(19)20)4-2-1-3-5-14/h8H,1-7,9H2,(H2,15,17)(H,16,18)(H,19,20). The van der Waals surface area contributed by atoms with Gasteiger partial charge in [0.05, 0.1) is 18.5 Å². The van der Waals surface area contributed by atoms with E-state index < -0.39 is 5.97 Å². The zero-order chi connectivity index (χ0) is 15.3. The Bertz CT molecular complexity index is 509. The van der Waals surface area contributed by atoms with Gasteiger partial charge in [-0.25, -0.2) is 4.98 Å². The van der Waals surface area contributed by atoms with Crippen molar-refractivity contribution in [1.29, 1.82) is 0 Å². The van der Waals surface area contributed by atoms with Gasteiger partial charge in [-0.2, -0.15) is 0 Å². The van der Waals surface area contributed by atoms with Gasteiger partial charge in [0, 0.05) is 11.9 Å². The van der Waals surface area contributed by atoms with Crippen LogP contribution in [0.4, 0.5) is 5.13 Å². The summed E-state index contributed by atoms with van der Waals surface area (Å²) < 4.78 is 0. The molecule has 1 heterocycles. The number of hydrogen-bond donors (Lipinski definition) is 3. The van der Waals surface area contributed by atoms with Gasteiger partial charge in [0.2, 0.25) is 5.91 Å². The maximum absolute atomic E-state index is 12.0. The minimum Gasteiger partial charge on any atom is -0.481 e. The molecule has 0 saturated heterocycles. The number of aromatic nitrogens is 1. The number of thiazole rings is 1. The van der Waals surface area contributed by atoms with E-state index in [2.05, 4.69) is 10.3 Å². The number of rotatable bonds is 6. The summed E-state index contributed by atoms with van der Waals surface area (Å²) in [5.41, 5.74) is 5.90. The second-order valence-corrected chi connectivity index (χ2v) is 6.65. The van der Waals surface area contributed by atoms with Crippen LogP contribution in [0.3, 0.4) is 0 Å². The van der Waals surface area contributed by atoms with Crippen molar-refractivity contribution < 1.29 is 14.7 Å². The second-order valence-electron chi connectivity index (χ2n) is 5.76. The van der Waals surface area contributed by atoms with Crippen molar-refractivity contribution in [2.24, 2.45) is 5.41 Å². The number of nitrogens with zero attached hydrogens (tertiary/aromatic N) is 1. The normalized spacial score (nSPS) is 17.3. The van der Waals surface area contributed by atoms with E-state index in [4.69, 9.17) is 10.8 Å². The van der Waals surface area contributed by atoms with Crippen LogP contribution in [-0.2, 0) is 16.0 Å². The highest BCUT2D eigenvalue weighted by Crippen LogP contribution is 2.38. The monoisotopic (exact) mass is 311 g/mol. The first-order valence-corrected chi connectivity index (χ1v) is 8.05. The Kier molecular flexibility index (Phi) is 5.17. The molecule has 116 valence electrons. The third-order valence-electron chi connectivity index (χ3n) is 4.01. The molecule has 0 aliphatic heterocycles. The summed E-state index contributed by atoms with van der Waals surface area (Å²) in [5.74, 6) is -0.922. The first kappa shape index (κ1) is 15.8. The summed E-state index contributed by atoms with van der Waals surface area (Å²) in [6, 6.07) is 0. The molecular formula is C14H21N3O3S. The Morgan fingerprint density at radius 3 is 2.67 bits per heavy atom. The van der Waals surface area contributed by atoms with E-state index in [9.17, 15) is 9.59 Å². The molecule has 1 aliphatic carbocycles. The highest BCUT2D eigenvalue weighted by molar-refractivity contribution is 7.13. The molecule has 2 rings (SSSR count). The van der Waals surface area contributed by atoms with Gasteiger partial charge in [-0.3, -0.25) is 9.59 Å². The van der Waals surface area contributed by atoms with Crippen LogP contribution in [0.5, 0.6) is 0 Å². The number of carbonyl (C=O) groups excluding carboxylic acids is 1. The van der Waals surface area contributed by atoms with E-state index in [-0.39, 0.29) is 24.2 Å². The zero-order valence-electron chi connectivity index (χ0n) is 11.9. The van der Waals surface area contributed by atoms with Gasteiger partial charge >= 0.3 is 5.97 Å². The number of amides is 1. The molecule has 1 aromatic heterocycles. The molecule has 0 aromatic carbocycles. The van der Waals surface area contributed by atoms with Crippen molar-refractivity contribution in [2.45, 2.75) is 44.9 Å². The van der Waals surface area contributed by atoms with Gasteiger partial charge in [-0.05, 0) is 18.3 Å². The minimum atomic E-state index is -0.793. The van der Waals surface area contributed by atoms with Crippen molar-refractivity contribution in [3.63, 3.8) is 0 Å². The van der Waals surface area contributed by atoms with Gasteiger partial charge in [0.25, 0.3) is 0 Å². The third kappa shape index (κ3) is 4.70. The summed E-state index contributed by atoms with van der Waals surface area (Å²) in [6.07, 6.45) is 5.26. The fourth-order valence-electron chi connectivity index (χ4n) is 2.96. The van der Waals surface area contributed by atoms with Gasteiger partial charge < -0.3 is 16.2 Å². The van der Waals surface area contributed by atoms with Crippen molar-refractivity contribution >= 4 is 28.3 Å². The van der Waals surface area contributed by atoms with E-state index in [0.717, 1.165) is 32.1 Å². The lowest BCUT2D eigenvalue weighted by Crippen LogP contribution is -2.41. The summed E-state index contributed by atoms with van der Waals surface area (Å²) in [5, 5.41) is 14.2. The van der Waals surface area contributed by atoms with E-state index >= 15 is 0 Å². The largest absolute Gasteiger partial charge is 0.481 e. The van der Waals surface area contributed by atoms with Gasteiger partial charge in [0.1, 0.15) is 0 Å². The van der Waals surface area contributed by atoms with Crippen molar-refractivity contribution in [2.75, 3.05) is 12.3 Å². The van der Waals surface area contributed by atoms with Gasteiger partial charge in [-0.1, -0.05) is 19.3 Å². The Balaban J connectivity index is 1.88. The Hall–Kier alpha value is -1.63. The number of nitrogens with two attached hydrogens (primary N) is 1. The van der Waals surface area contributed by atoms with Gasteiger partial charge in [-0.15, -0.1) is 11.3 Å². The minimum absolute atomic E-state index is 0.122. The number of nitrogens with one attached hydrogen (secondary N) is 1. The van der Waals surface area contributed by atoms with Crippen LogP contribution >= 0.6 is 11.3 Å². The predicted octanol–water partition coefficient (Wildman–Crippen LogP) is 1.81. The molecule has 0 spiro atoms. The molecule has 1 fully saturated rings. The lowest BCUT2D eigenvalue weighted by molar-refractivity contribution is -0.140.